The number of hydrogen-bond acceptors (Lipinski definition) is 3. The van der Waals surface area contributed by atoms with Crippen molar-refractivity contribution in [3.05, 3.63) is 60.8 Å². The minimum Gasteiger partial charge on any atom is -0.465 e. The van der Waals surface area contributed by atoms with Crippen molar-refractivity contribution >= 4 is 17.7 Å². The molecule has 1 unspecified atom stereocenters. The lowest BCUT2D eigenvalue weighted by Crippen LogP contribution is -2.20. The number of unbranched alkanes of at least 4 members (excludes halogenated alkanes) is 2. The van der Waals surface area contributed by atoms with Crippen LogP contribution in [0.5, 0.6) is 0 Å². The monoisotopic (exact) mass is 418 g/mol. The van der Waals surface area contributed by atoms with Crippen LogP contribution in [-0.2, 0) is 9.53 Å². The third-order valence-corrected chi connectivity index (χ3v) is 5.33. The highest BCUT2D eigenvalue weighted by Crippen LogP contribution is 2.19. The minimum atomic E-state index is -0.0470. The van der Waals surface area contributed by atoms with Crippen LogP contribution in [0.4, 0.5) is 0 Å². The second-order valence-corrected chi connectivity index (χ2v) is 8.17. The van der Waals surface area contributed by atoms with E-state index in [0.717, 1.165) is 63.5 Å². The molecule has 164 valence electrons. The first kappa shape index (κ1) is 27.5. The number of carbonyl (C=O) groups is 1. The topological polar surface area (TPSA) is 26.3 Å². The second kappa shape index (κ2) is 22.8. The Morgan fingerprint density at radius 3 is 1.76 bits per heavy atom. The summed E-state index contributed by atoms with van der Waals surface area (Å²) < 4.78 is 5.15. The van der Waals surface area contributed by atoms with Gasteiger partial charge in [0.15, 0.2) is 0 Å². The predicted octanol–water partition coefficient (Wildman–Crippen LogP) is 7.98. The molecular formula is C26H42O2S. The zero-order valence-electron chi connectivity index (χ0n) is 18.9. The second-order valence-electron chi connectivity index (χ2n) is 6.69. The van der Waals surface area contributed by atoms with Gasteiger partial charge in [0.2, 0.25) is 0 Å². The average Bonchev–Trinajstić information content (AvgIpc) is 2.72. The molecule has 29 heavy (non-hydrogen) atoms. The van der Waals surface area contributed by atoms with Crippen LogP contribution in [0, 0.1) is 0 Å². The molecule has 0 amide bonds. The summed E-state index contributed by atoms with van der Waals surface area (Å²) in [6, 6.07) is 0. The number of thioether (sulfide) groups is 1. The molecule has 0 radical (unpaired) electrons. The normalized spacial score (nSPS) is 13.6. The van der Waals surface area contributed by atoms with Crippen LogP contribution in [0.1, 0.15) is 78.6 Å². The molecule has 0 rings (SSSR count). The van der Waals surface area contributed by atoms with Gasteiger partial charge in [0, 0.05) is 0 Å². The lowest BCUT2D eigenvalue weighted by Gasteiger charge is -2.13. The van der Waals surface area contributed by atoms with E-state index in [1.165, 1.54) is 0 Å². The first-order valence-electron chi connectivity index (χ1n) is 11.3. The zero-order chi connectivity index (χ0) is 21.4. The number of ether oxygens (including phenoxy) is 1. The fraction of sp³-hybridized carbons (Fsp3) is 0.577. The summed E-state index contributed by atoms with van der Waals surface area (Å²) in [5, 5.41) is 0.00769. The van der Waals surface area contributed by atoms with Crippen LogP contribution in [0.2, 0.25) is 0 Å². The highest BCUT2D eigenvalue weighted by atomic mass is 32.2. The summed E-state index contributed by atoms with van der Waals surface area (Å²) in [7, 11) is 0. The number of allylic oxidation sites excluding steroid dienone is 10. The van der Waals surface area contributed by atoms with Crippen LogP contribution in [0.25, 0.3) is 0 Å². The van der Waals surface area contributed by atoms with Crippen molar-refractivity contribution in [1.82, 2.24) is 0 Å². The van der Waals surface area contributed by atoms with Crippen molar-refractivity contribution in [1.29, 1.82) is 0 Å². The Balaban J connectivity index is 3.69. The quantitative estimate of drug-likeness (QED) is 0.128. The lowest BCUT2D eigenvalue weighted by molar-refractivity contribution is -0.142. The van der Waals surface area contributed by atoms with Gasteiger partial charge in [-0.3, -0.25) is 4.79 Å². The van der Waals surface area contributed by atoms with Gasteiger partial charge >= 0.3 is 5.97 Å². The van der Waals surface area contributed by atoms with Crippen LogP contribution >= 0.6 is 11.8 Å². The van der Waals surface area contributed by atoms with Gasteiger partial charge < -0.3 is 4.74 Å². The molecule has 0 aliphatic rings. The standard InChI is InChI=1S/C26H42O2S/c1-4-7-8-9-10-11-12-13-14-15-16-17-18-19-20-21-22-23-24-25(29-6-3)26(27)28-5-2/h7-8,10-11,13-14,16-17,19-20,25H,4-6,9,12,15,18,21-24H2,1-3H3/b8-7-,11-10-,14-13-,17-16-,20-19-. The first-order valence-corrected chi connectivity index (χ1v) is 12.3. The maximum Gasteiger partial charge on any atom is 0.319 e. The SMILES string of the molecule is CC/C=C\C/C=C\C/C=C\C/C=C\C/C=C\CCCCC(SCC)C(=O)OCC. The van der Waals surface area contributed by atoms with E-state index in [2.05, 4.69) is 74.6 Å². The maximum absolute atomic E-state index is 11.9. The van der Waals surface area contributed by atoms with Gasteiger partial charge in [-0.25, -0.2) is 0 Å². The van der Waals surface area contributed by atoms with Crippen molar-refractivity contribution in [3.63, 3.8) is 0 Å². The van der Waals surface area contributed by atoms with Gasteiger partial charge in [0.1, 0.15) is 5.25 Å². The Kier molecular flexibility index (Phi) is 21.6. The van der Waals surface area contributed by atoms with E-state index < -0.39 is 0 Å². The third-order valence-electron chi connectivity index (χ3n) is 4.16. The molecule has 0 spiro atoms. The van der Waals surface area contributed by atoms with Gasteiger partial charge in [0.05, 0.1) is 6.61 Å². The van der Waals surface area contributed by atoms with Gasteiger partial charge in [-0.15, -0.1) is 11.8 Å². The zero-order valence-corrected chi connectivity index (χ0v) is 19.7. The molecule has 0 saturated carbocycles. The molecular weight excluding hydrogens is 376 g/mol. The van der Waals surface area contributed by atoms with E-state index in [0.29, 0.717) is 6.61 Å². The molecule has 0 bridgehead atoms. The van der Waals surface area contributed by atoms with E-state index in [9.17, 15) is 4.79 Å². The number of rotatable bonds is 18. The molecule has 0 aromatic heterocycles. The van der Waals surface area contributed by atoms with E-state index in [-0.39, 0.29) is 11.2 Å². The summed E-state index contributed by atoms with van der Waals surface area (Å²) in [5.41, 5.74) is 0. The van der Waals surface area contributed by atoms with E-state index in [1.807, 2.05) is 6.92 Å². The molecule has 0 aromatic carbocycles. The Labute approximate surface area is 184 Å². The number of hydrogen-bond donors (Lipinski definition) is 0. The minimum absolute atomic E-state index is 0.00769. The van der Waals surface area contributed by atoms with E-state index in [4.69, 9.17) is 4.74 Å². The lowest BCUT2D eigenvalue weighted by atomic mass is 10.1. The van der Waals surface area contributed by atoms with Crippen LogP contribution < -0.4 is 0 Å². The van der Waals surface area contributed by atoms with E-state index in [1.54, 1.807) is 11.8 Å². The van der Waals surface area contributed by atoms with Gasteiger partial charge in [0.25, 0.3) is 0 Å². The van der Waals surface area contributed by atoms with Crippen molar-refractivity contribution < 1.29 is 9.53 Å². The van der Waals surface area contributed by atoms with Crippen LogP contribution in [0.3, 0.4) is 0 Å². The molecule has 0 aliphatic heterocycles. The van der Waals surface area contributed by atoms with Crippen LogP contribution in [0.15, 0.2) is 60.8 Å². The maximum atomic E-state index is 11.9. The average molecular weight is 419 g/mol. The summed E-state index contributed by atoms with van der Waals surface area (Å²) >= 11 is 1.70. The molecule has 0 heterocycles. The molecule has 0 aliphatic carbocycles. The number of esters is 1. The fourth-order valence-electron chi connectivity index (χ4n) is 2.67. The molecule has 0 fully saturated rings. The molecule has 3 heteroatoms. The van der Waals surface area contributed by atoms with Crippen molar-refractivity contribution in [2.75, 3.05) is 12.4 Å². The number of carbonyl (C=O) groups excluding carboxylic acids is 1. The largest absolute Gasteiger partial charge is 0.465 e. The Bertz CT molecular complexity index is 515. The molecule has 2 nitrogen and oxygen atoms in total. The summed E-state index contributed by atoms with van der Waals surface area (Å²) in [4.78, 5) is 11.9. The summed E-state index contributed by atoms with van der Waals surface area (Å²) in [6.07, 6.45) is 31.6. The van der Waals surface area contributed by atoms with Crippen LogP contribution in [-0.4, -0.2) is 23.6 Å². The Morgan fingerprint density at radius 2 is 1.28 bits per heavy atom. The van der Waals surface area contributed by atoms with Crippen molar-refractivity contribution in [2.24, 2.45) is 0 Å². The highest BCUT2D eigenvalue weighted by Gasteiger charge is 2.18. The highest BCUT2D eigenvalue weighted by molar-refractivity contribution is 8.00. The molecule has 1 atom stereocenters. The predicted molar refractivity (Wildman–Crippen MR) is 131 cm³/mol. The first-order chi connectivity index (χ1) is 14.3. The third kappa shape index (κ3) is 19.6. The molecule has 0 N–H and O–H groups in total. The Hall–Kier alpha value is -1.48. The van der Waals surface area contributed by atoms with Crippen molar-refractivity contribution in [3.8, 4) is 0 Å². The van der Waals surface area contributed by atoms with E-state index >= 15 is 0 Å². The van der Waals surface area contributed by atoms with Crippen molar-refractivity contribution in [2.45, 2.75) is 83.8 Å². The summed E-state index contributed by atoms with van der Waals surface area (Å²) in [5.74, 6) is 0.910. The Morgan fingerprint density at radius 1 is 0.759 bits per heavy atom. The smallest absolute Gasteiger partial charge is 0.319 e. The van der Waals surface area contributed by atoms with Gasteiger partial charge in [-0.1, -0.05) is 81.0 Å². The van der Waals surface area contributed by atoms with Gasteiger partial charge in [-0.2, -0.15) is 0 Å². The molecule has 0 aromatic rings. The summed E-state index contributed by atoms with van der Waals surface area (Å²) in [6.45, 7) is 6.59. The van der Waals surface area contributed by atoms with Gasteiger partial charge in [-0.05, 0) is 64.0 Å². The molecule has 0 saturated heterocycles. The fourth-order valence-corrected chi connectivity index (χ4v) is 3.61.